The molecule has 8 heteroatoms. The Hall–Kier alpha value is -2.61. The topological polar surface area (TPSA) is 117 Å². The van der Waals surface area contributed by atoms with Crippen LogP contribution in [0, 0.1) is 0 Å². The molecule has 0 aliphatic rings. The Labute approximate surface area is 115 Å². The van der Waals surface area contributed by atoms with Gasteiger partial charge in [0.25, 0.3) is 5.91 Å². The second kappa shape index (κ2) is 7.74. The number of ether oxygens (including phenoxy) is 1. The van der Waals surface area contributed by atoms with Crippen molar-refractivity contribution in [1.82, 2.24) is 16.2 Å². The average Bonchev–Trinajstić information content (AvgIpc) is 2.45. The van der Waals surface area contributed by atoms with Crippen molar-refractivity contribution in [2.45, 2.75) is 0 Å². The van der Waals surface area contributed by atoms with Crippen molar-refractivity contribution in [2.75, 3.05) is 20.3 Å². The van der Waals surface area contributed by atoms with E-state index in [2.05, 4.69) is 16.2 Å². The second-order valence-corrected chi connectivity index (χ2v) is 3.71. The third-order valence-corrected chi connectivity index (χ3v) is 2.25. The van der Waals surface area contributed by atoms with Crippen LogP contribution in [0.2, 0.25) is 0 Å². The molecule has 0 bridgehead atoms. The van der Waals surface area contributed by atoms with Crippen LogP contribution < -0.4 is 16.2 Å². The number of carbonyl (C=O) groups is 3. The van der Waals surface area contributed by atoms with Crippen molar-refractivity contribution in [2.24, 2.45) is 0 Å². The number of rotatable bonds is 5. The molecule has 1 aromatic rings. The quantitative estimate of drug-likeness (QED) is 0.447. The van der Waals surface area contributed by atoms with Crippen LogP contribution in [0.4, 0.5) is 4.79 Å². The van der Waals surface area contributed by atoms with E-state index < -0.39 is 17.9 Å². The lowest BCUT2D eigenvalue weighted by Crippen LogP contribution is -2.47. The van der Waals surface area contributed by atoms with Crippen molar-refractivity contribution in [1.29, 1.82) is 0 Å². The van der Waals surface area contributed by atoms with Crippen LogP contribution in [0.25, 0.3) is 0 Å². The van der Waals surface area contributed by atoms with E-state index in [-0.39, 0.29) is 11.1 Å². The van der Waals surface area contributed by atoms with Gasteiger partial charge in [-0.25, -0.2) is 15.0 Å². The summed E-state index contributed by atoms with van der Waals surface area (Å²) in [5.74, 6) is -1.75. The lowest BCUT2D eigenvalue weighted by atomic mass is 10.1. The maximum Gasteiger partial charge on any atom is 0.335 e. The highest BCUT2D eigenvalue weighted by atomic mass is 16.5. The Morgan fingerprint density at radius 2 is 1.90 bits per heavy atom. The van der Waals surface area contributed by atoms with E-state index in [9.17, 15) is 14.4 Å². The van der Waals surface area contributed by atoms with Crippen LogP contribution in [0.1, 0.15) is 20.7 Å². The standard InChI is InChI=1S/C12H15N3O5/c1-20-6-5-13-12(19)15-14-10(16)8-3-2-4-9(7-8)11(17)18/h2-4,7H,5-6H2,1H3,(H,14,16)(H,17,18)(H2,13,15,19). The van der Waals surface area contributed by atoms with Crippen molar-refractivity contribution < 1.29 is 24.2 Å². The smallest absolute Gasteiger partial charge is 0.335 e. The number of hydrazine groups is 1. The van der Waals surface area contributed by atoms with Crippen molar-refractivity contribution in [3.8, 4) is 0 Å². The summed E-state index contributed by atoms with van der Waals surface area (Å²) in [5, 5.41) is 11.2. The Morgan fingerprint density at radius 1 is 1.20 bits per heavy atom. The number of hydrogen-bond donors (Lipinski definition) is 4. The minimum Gasteiger partial charge on any atom is -0.478 e. The third kappa shape index (κ3) is 4.94. The van der Waals surface area contributed by atoms with E-state index in [4.69, 9.17) is 9.84 Å². The number of carbonyl (C=O) groups excluding carboxylic acids is 2. The molecule has 0 aliphatic heterocycles. The fourth-order valence-electron chi connectivity index (χ4n) is 1.29. The third-order valence-electron chi connectivity index (χ3n) is 2.25. The Balaban J connectivity index is 2.48. The van der Waals surface area contributed by atoms with Crippen LogP contribution in [-0.4, -0.2) is 43.3 Å². The van der Waals surface area contributed by atoms with Crippen molar-refractivity contribution in [3.05, 3.63) is 35.4 Å². The predicted molar refractivity (Wildman–Crippen MR) is 69.3 cm³/mol. The number of carboxylic acids is 1. The van der Waals surface area contributed by atoms with Crippen LogP contribution in [0.3, 0.4) is 0 Å². The first-order valence-corrected chi connectivity index (χ1v) is 5.71. The zero-order valence-corrected chi connectivity index (χ0v) is 10.8. The molecule has 3 amide bonds. The maximum atomic E-state index is 11.7. The molecule has 0 radical (unpaired) electrons. The molecule has 0 saturated heterocycles. The highest BCUT2D eigenvalue weighted by Gasteiger charge is 2.10. The summed E-state index contributed by atoms with van der Waals surface area (Å²) in [4.78, 5) is 33.7. The van der Waals surface area contributed by atoms with Gasteiger partial charge in [-0.15, -0.1) is 0 Å². The fourth-order valence-corrected chi connectivity index (χ4v) is 1.29. The fraction of sp³-hybridized carbons (Fsp3) is 0.250. The molecule has 0 heterocycles. The molecule has 0 aliphatic carbocycles. The molecule has 0 fully saturated rings. The molecule has 8 nitrogen and oxygen atoms in total. The Kier molecular flexibility index (Phi) is 5.98. The Bertz CT molecular complexity index is 504. The van der Waals surface area contributed by atoms with Gasteiger partial charge in [-0.3, -0.25) is 10.2 Å². The molecule has 108 valence electrons. The number of aromatic carboxylic acids is 1. The predicted octanol–water partition coefficient (Wildman–Crippen LogP) is -0.0248. The number of amides is 3. The van der Waals surface area contributed by atoms with Gasteiger partial charge >= 0.3 is 12.0 Å². The van der Waals surface area contributed by atoms with Crippen LogP contribution in [-0.2, 0) is 4.74 Å². The first-order valence-electron chi connectivity index (χ1n) is 5.71. The van der Waals surface area contributed by atoms with E-state index >= 15 is 0 Å². The first kappa shape index (κ1) is 15.4. The van der Waals surface area contributed by atoms with Gasteiger partial charge in [-0.05, 0) is 18.2 Å². The van der Waals surface area contributed by atoms with E-state index in [1.807, 2.05) is 0 Å². The number of nitrogens with one attached hydrogen (secondary N) is 3. The lowest BCUT2D eigenvalue weighted by molar-refractivity contribution is 0.0697. The Morgan fingerprint density at radius 3 is 2.55 bits per heavy atom. The van der Waals surface area contributed by atoms with Gasteiger partial charge in [0.1, 0.15) is 0 Å². The van der Waals surface area contributed by atoms with E-state index in [0.29, 0.717) is 13.2 Å². The zero-order valence-electron chi connectivity index (χ0n) is 10.8. The van der Waals surface area contributed by atoms with E-state index in [1.165, 1.54) is 31.4 Å². The minimum atomic E-state index is -1.13. The van der Waals surface area contributed by atoms with Crippen LogP contribution in [0.15, 0.2) is 24.3 Å². The highest BCUT2D eigenvalue weighted by Crippen LogP contribution is 2.04. The van der Waals surface area contributed by atoms with Crippen molar-refractivity contribution in [3.63, 3.8) is 0 Å². The zero-order chi connectivity index (χ0) is 15.0. The van der Waals surface area contributed by atoms with Gasteiger partial charge < -0.3 is 15.2 Å². The van der Waals surface area contributed by atoms with Gasteiger partial charge in [-0.2, -0.15) is 0 Å². The van der Waals surface area contributed by atoms with Gasteiger partial charge in [0.2, 0.25) is 0 Å². The summed E-state index contributed by atoms with van der Waals surface area (Å²) in [6, 6.07) is 4.86. The van der Waals surface area contributed by atoms with Crippen molar-refractivity contribution >= 4 is 17.9 Å². The summed E-state index contributed by atoms with van der Waals surface area (Å²) in [6.07, 6.45) is 0. The van der Waals surface area contributed by atoms with Gasteiger partial charge in [0, 0.05) is 19.2 Å². The monoisotopic (exact) mass is 281 g/mol. The van der Waals surface area contributed by atoms with Crippen LogP contribution >= 0.6 is 0 Å². The molecule has 1 rings (SSSR count). The van der Waals surface area contributed by atoms with Gasteiger partial charge in [0.05, 0.1) is 12.2 Å². The normalized spacial score (nSPS) is 9.65. The molecule has 1 aromatic carbocycles. The summed E-state index contributed by atoms with van der Waals surface area (Å²) in [7, 11) is 1.50. The summed E-state index contributed by atoms with van der Waals surface area (Å²) >= 11 is 0. The number of urea groups is 1. The number of benzene rings is 1. The highest BCUT2D eigenvalue weighted by molar-refractivity contribution is 5.98. The molecular weight excluding hydrogens is 266 g/mol. The SMILES string of the molecule is COCCNC(=O)NNC(=O)c1cccc(C(=O)O)c1. The molecule has 0 unspecified atom stereocenters. The first-order chi connectivity index (χ1) is 9.54. The molecule has 0 atom stereocenters. The largest absolute Gasteiger partial charge is 0.478 e. The summed E-state index contributed by atoms with van der Waals surface area (Å²) < 4.78 is 4.74. The summed E-state index contributed by atoms with van der Waals surface area (Å²) in [5.41, 5.74) is 4.41. The minimum absolute atomic E-state index is 0.0119. The molecular formula is C12H15N3O5. The molecule has 0 spiro atoms. The maximum absolute atomic E-state index is 11.7. The lowest BCUT2D eigenvalue weighted by Gasteiger charge is -2.08. The van der Waals surface area contributed by atoms with Gasteiger partial charge in [-0.1, -0.05) is 6.07 Å². The van der Waals surface area contributed by atoms with Crippen LogP contribution in [0.5, 0.6) is 0 Å². The molecule has 20 heavy (non-hydrogen) atoms. The molecule has 4 N–H and O–H groups in total. The average molecular weight is 281 g/mol. The number of hydrogen-bond acceptors (Lipinski definition) is 4. The molecule has 0 saturated carbocycles. The van der Waals surface area contributed by atoms with Gasteiger partial charge in [0.15, 0.2) is 0 Å². The van der Waals surface area contributed by atoms with E-state index in [1.54, 1.807) is 0 Å². The number of methoxy groups -OCH3 is 1. The molecule has 0 aromatic heterocycles. The van der Waals surface area contributed by atoms with E-state index in [0.717, 1.165) is 0 Å². The summed E-state index contributed by atoms with van der Waals surface area (Å²) in [6.45, 7) is 0.648. The second-order valence-electron chi connectivity index (χ2n) is 3.71. The number of carboxylic acid groups (broad SMARTS) is 1.